The van der Waals surface area contributed by atoms with Crippen LogP contribution in [0.1, 0.15) is 42.0 Å². The Morgan fingerprint density at radius 2 is 2.14 bits per heavy atom. The molecule has 6 nitrogen and oxygen atoms in total. The minimum Gasteiger partial charge on any atom is -0.340 e. The van der Waals surface area contributed by atoms with Crippen LogP contribution in [0.2, 0.25) is 0 Å². The highest BCUT2D eigenvalue weighted by atomic mass is 16.5. The number of carbonyl (C=O) groups excluding carboxylic acids is 1. The lowest BCUT2D eigenvalue weighted by Gasteiger charge is -2.11. The van der Waals surface area contributed by atoms with Gasteiger partial charge in [-0.25, -0.2) is 0 Å². The first-order valence-corrected chi connectivity index (χ1v) is 7.16. The summed E-state index contributed by atoms with van der Waals surface area (Å²) in [5, 5.41) is 7.63. The summed E-state index contributed by atoms with van der Waals surface area (Å²) in [7, 11) is 0. The van der Waals surface area contributed by atoms with E-state index in [2.05, 4.69) is 20.4 Å². The van der Waals surface area contributed by atoms with Crippen LogP contribution in [-0.2, 0) is 6.42 Å². The van der Waals surface area contributed by atoms with E-state index in [1.54, 1.807) is 12.3 Å². The summed E-state index contributed by atoms with van der Waals surface area (Å²) in [6.07, 6.45) is 2.37. The van der Waals surface area contributed by atoms with Gasteiger partial charge in [-0.05, 0) is 19.1 Å². The van der Waals surface area contributed by atoms with Crippen molar-refractivity contribution in [3.8, 4) is 0 Å². The second-order valence-electron chi connectivity index (χ2n) is 4.98. The zero-order chi connectivity index (χ0) is 15.5. The monoisotopic (exact) mass is 296 g/mol. The molecule has 1 N–H and O–H groups in total. The van der Waals surface area contributed by atoms with Crippen LogP contribution in [0, 0.1) is 0 Å². The molecule has 2 aromatic heterocycles. The second kappa shape index (κ2) is 5.93. The van der Waals surface area contributed by atoms with Gasteiger partial charge in [-0.3, -0.25) is 9.78 Å². The lowest BCUT2D eigenvalue weighted by molar-refractivity contribution is 0.0934. The number of nitrogens with one attached hydrogen (secondary N) is 1. The van der Waals surface area contributed by atoms with Crippen LogP contribution in [0.15, 0.2) is 41.1 Å². The van der Waals surface area contributed by atoms with Gasteiger partial charge in [0.2, 0.25) is 5.89 Å². The Morgan fingerprint density at radius 3 is 2.91 bits per heavy atom. The summed E-state index contributed by atoms with van der Waals surface area (Å²) < 4.78 is 5.15. The molecule has 3 rings (SSSR count). The van der Waals surface area contributed by atoms with Gasteiger partial charge >= 0.3 is 0 Å². The van der Waals surface area contributed by atoms with E-state index in [0.717, 1.165) is 5.39 Å². The lowest BCUT2D eigenvalue weighted by Crippen LogP contribution is -2.27. The van der Waals surface area contributed by atoms with E-state index >= 15 is 0 Å². The number of rotatable bonds is 4. The molecule has 0 saturated heterocycles. The van der Waals surface area contributed by atoms with Gasteiger partial charge in [0.15, 0.2) is 5.82 Å². The van der Waals surface area contributed by atoms with E-state index in [1.165, 1.54) is 0 Å². The number of pyridine rings is 1. The molecule has 0 fully saturated rings. The van der Waals surface area contributed by atoms with Gasteiger partial charge in [-0.2, -0.15) is 4.98 Å². The maximum Gasteiger partial charge on any atom is 0.254 e. The second-order valence-corrected chi connectivity index (χ2v) is 4.98. The normalized spacial score (nSPS) is 12.3. The molecule has 0 unspecified atom stereocenters. The molecule has 0 saturated carbocycles. The topological polar surface area (TPSA) is 80.9 Å². The molecule has 0 radical (unpaired) electrons. The van der Waals surface area contributed by atoms with Crippen molar-refractivity contribution in [2.45, 2.75) is 26.3 Å². The number of benzene rings is 1. The minimum absolute atomic E-state index is 0.215. The van der Waals surface area contributed by atoms with E-state index in [1.807, 2.05) is 38.1 Å². The Labute approximate surface area is 127 Å². The van der Waals surface area contributed by atoms with Crippen molar-refractivity contribution in [2.75, 3.05) is 0 Å². The zero-order valence-electron chi connectivity index (χ0n) is 12.4. The number of aryl methyl sites for hydroxylation is 1. The average molecular weight is 296 g/mol. The minimum atomic E-state index is -0.362. The van der Waals surface area contributed by atoms with E-state index in [9.17, 15) is 4.79 Å². The predicted octanol–water partition coefficient (Wildman–Crippen LogP) is 2.67. The van der Waals surface area contributed by atoms with Crippen molar-refractivity contribution in [1.82, 2.24) is 20.4 Å². The van der Waals surface area contributed by atoms with Crippen molar-refractivity contribution in [3.05, 3.63) is 53.8 Å². The molecule has 0 bridgehead atoms. The van der Waals surface area contributed by atoms with Crippen molar-refractivity contribution < 1.29 is 9.32 Å². The molecular formula is C16H16N4O2. The number of amides is 1. The zero-order valence-corrected chi connectivity index (χ0v) is 12.4. The maximum atomic E-state index is 12.5. The van der Waals surface area contributed by atoms with Gasteiger partial charge in [0, 0.05) is 18.0 Å². The standard InChI is InChI=1S/C16H16N4O2/c1-3-13-19-16(22-20-13)10(2)18-15(21)12-8-4-6-11-7-5-9-17-14(11)12/h4-10H,3H2,1-2H3,(H,18,21)/t10-/m1/s1. The van der Waals surface area contributed by atoms with Crippen molar-refractivity contribution in [1.29, 1.82) is 0 Å². The van der Waals surface area contributed by atoms with Crippen LogP contribution in [-0.4, -0.2) is 21.0 Å². The number of para-hydroxylation sites is 1. The van der Waals surface area contributed by atoms with Crippen LogP contribution in [0.25, 0.3) is 10.9 Å². The Kier molecular flexibility index (Phi) is 3.82. The molecule has 2 heterocycles. The summed E-state index contributed by atoms with van der Waals surface area (Å²) in [6.45, 7) is 3.75. The Bertz CT molecular complexity index is 807. The molecule has 6 heteroatoms. The summed E-state index contributed by atoms with van der Waals surface area (Å²) in [4.78, 5) is 21.0. The molecule has 22 heavy (non-hydrogen) atoms. The molecule has 1 amide bonds. The molecule has 112 valence electrons. The van der Waals surface area contributed by atoms with Gasteiger partial charge in [0.1, 0.15) is 6.04 Å². The lowest BCUT2D eigenvalue weighted by atomic mass is 10.1. The summed E-state index contributed by atoms with van der Waals surface area (Å²) in [5.41, 5.74) is 1.20. The maximum absolute atomic E-state index is 12.5. The highest BCUT2D eigenvalue weighted by molar-refractivity contribution is 6.05. The van der Waals surface area contributed by atoms with Crippen molar-refractivity contribution in [2.24, 2.45) is 0 Å². The summed E-state index contributed by atoms with van der Waals surface area (Å²) >= 11 is 0. The van der Waals surface area contributed by atoms with Gasteiger partial charge < -0.3 is 9.84 Å². The van der Waals surface area contributed by atoms with E-state index < -0.39 is 0 Å². The summed E-state index contributed by atoms with van der Waals surface area (Å²) in [5.74, 6) is 0.814. The summed E-state index contributed by atoms with van der Waals surface area (Å²) in [6, 6.07) is 8.92. The first-order valence-electron chi connectivity index (χ1n) is 7.16. The average Bonchev–Trinajstić information content (AvgIpc) is 3.03. The van der Waals surface area contributed by atoms with E-state index in [4.69, 9.17) is 4.52 Å². The number of hydrogen-bond donors (Lipinski definition) is 1. The number of carbonyl (C=O) groups is 1. The number of hydrogen-bond acceptors (Lipinski definition) is 5. The molecule has 0 spiro atoms. The first-order chi connectivity index (χ1) is 10.7. The highest BCUT2D eigenvalue weighted by Gasteiger charge is 2.18. The molecule has 0 aliphatic carbocycles. The SMILES string of the molecule is CCc1noc([C@@H](C)NC(=O)c2cccc3cccnc23)n1. The Morgan fingerprint density at radius 1 is 1.32 bits per heavy atom. The van der Waals surface area contributed by atoms with Crippen LogP contribution < -0.4 is 5.32 Å². The van der Waals surface area contributed by atoms with Crippen LogP contribution >= 0.6 is 0 Å². The molecule has 0 aliphatic heterocycles. The van der Waals surface area contributed by atoms with Gasteiger partial charge in [-0.1, -0.05) is 30.3 Å². The third-order valence-electron chi connectivity index (χ3n) is 3.40. The fourth-order valence-corrected chi connectivity index (χ4v) is 2.21. The third kappa shape index (κ3) is 2.67. The fourth-order valence-electron chi connectivity index (χ4n) is 2.21. The van der Waals surface area contributed by atoms with Crippen LogP contribution in [0.4, 0.5) is 0 Å². The largest absolute Gasteiger partial charge is 0.340 e. The van der Waals surface area contributed by atoms with Crippen LogP contribution in [0.3, 0.4) is 0 Å². The highest BCUT2D eigenvalue weighted by Crippen LogP contribution is 2.17. The Hall–Kier alpha value is -2.76. The molecule has 1 aromatic carbocycles. The van der Waals surface area contributed by atoms with E-state index in [-0.39, 0.29) is 11.9 Å². The van der Waals surface area contributed by atoms with Gasteiger partial charge in [0.05, 0.1) is 11.1 Å². The van der Waals surface area contributed by atoms with E-state index in [0.29, 0.717) is 29.2 Å². The molecule has 0 aliphatic rings. The first kappa shape index (κ1) is 14.2. The van der Waals surface area contributed by atoms with Crippen LogP contribution in [0.5, 0.6) is 0 Å². The van der Waals surface area contributed by atoms with Crippen molar-refractivity contribution >= 4 is 16.8 Å². The third-order valence-corrected chi connectivity index (χ3v) is 3.40. The number of nitrogens with zero attached hydrogens (tertiary/aromatic N) is 3. The molecule has 1 atom stereocenters. The molecular weight excluding hydrogens is 280 g/mol. The Balaban J connectivity index is 1.84. The van der Waals surface area contributed by atoms with Gasteiger partial charge in [0.25, 0.3) is 5.91 Å². The predicted molar refractivity (Wildman–Crippen MR) is 81.3 cm³/mol. The quantitative estimate of drug-likeness (QED) is 0.800. The van der Waals surface area contributed by atoms with Crippen molar-refractivity contribution in [3.63, 3.8) is 0 Å². The van der Waals surface area contributed by atoms with Gasteiger partial charge in [-0.15, -0.1) is 0 Å². The number of aromatic nitrogens is 3. The molecule has 3 aromatic rings. The smallest absolute Gasteiger partial charge is 0.254 e. The number of fused-ring (bicyclic) bond motifs is 1. The fraction of sp³-hybridized carbons (Fsp3) is 0.250.